The molecule has 0 radical (unpaired) electrons. The number of likely N-dealkylation sites (N-methyl/N-ethyl adjacent to an activating group) is 2. The van der Waals surface area contributed by atoms with Crippen molar-refractivity contribution in [3.05, 3.63) is 35.4 Å². The zero-order valence-electron chi connectivity index (χ0n) is 14.1. The van der Waals surface area contributed by atoms with Gasteiger partial charge in [0.25, 0.3) is 0 Å². The highest BCUT2D eigenvalue weighted by Gasteiger charge is 2.29. The quantitative estimate of drug-likeness (QED) is 0.866. The standard InChI is InChI=1S/C18H31N3/c1-5-10-19-17(13-16-8-6-15(2)7-9-16)18-14-20(3)11-12-21(18)4/h6-9,17-19H,5,10-14H2,1-4H3. The van der Waals surface area contributed by atoms with Gasteiger partial charge in [0.05, 0.1) is 0 Å². The largest absolute Gasteiger partial charge is 0.312 e. The van der Waals surface area contributed by atoms with E-state index in [0.717, 1.165) is 19.5 Å². The van der Waals surface area contributed by atoms with Crippen molar-refractivity contribution >= 4 is 0 Å². The van der Waals surface area contributed by atoms with E-state index in [-0.39, 0.29) is 0 Å². The van der Waals surface area contributed by atoms with Gasteiger partial charge in [0.1, 0.15) is 0 Å². The van der Waals surface area contributed by atoms with Crippen LogP contribution in [0.5, 0.6) is 0 Å². The van der Waals surface area contributed by atoms with Crippen LogP contribution in [0.15, 0.2) is 24.3 Å². The molecule has 3 nitrogen and oxygen atoms in total. The Morgan fingerprint density at radius 3 is 2.57 bits per heavy atom. The van der Waals surface area contributed by atoms with Gasteiger partial charge in [-0.1, -0.05) is 36.8 Å². The van der Waals surface area contributed by atoms with Gasteiger partial charge in [-0.25, -0.2) is 0 Å². The van der Waals surface area contributed by atoms with Crippen LogP contribution in [0.4, 0.5) is 0 Å². The van der Waals surface area contributed by atoms with Gasteiger partial charge in [0, 0.05) is 31.7 Å². The first-order valence-electron chi connectivity index (χ1n) is 8.28. The predicted octanol–water partition coefficient (Wildman–Crippen LogP) is 2.15. The van der Waals surface area contributed by atoms with Crippen molar-refractivity contribution in [1.82, 2.24) is 15.1 Å². The lowest BCUT2D eigenvalue weighted by atomic mass is 9.96. The molecule has 0 aliphatic carbocycles. The maximum atomic E-state index is 3.78. The van der Waals surface area contributed by atoms with Crippen LogP contribution < -0.4 is 5.32 Å². The smallest absolute Gasteiger partial charge is 0.0377 e. The monoisotopic (exact) mass is 289 g/mol. The number of nitrogens with one attached hydrogen (secondary N) is 1. The topological polar surface area (TPSA) is 18.5 Å². The lowest BCUT2D eigenvalue weighted by Gasteiger charge is -2.42. The van der Waals surface area contributed by atoms with Crippen LogP contribution in [0.2, 0.25) is 0 Å². The molecule has 0 amide bonds. The van der Waals surface area contributed by atoms with Crippen molar-refractivity contribution in [2.75, 3.05) is 40.3 Å². The predicted molar refractivity (Wildman–Crippen MR) is 90.9 cm³/mol. The second-order valence-corrected chi connectivity index (χ2v) is 6.56. The minimum absolute atomic E-state index is 0.528. The summed E-state index contributed by atoms with van der Waals surface area (Å²) in [5.41, 5.74) is 2.78. The van der Waals surface area contributed by atoms with Crippen molar-refractivity contribution in [2.24, 2.45) is 0 Å². The lowest BCUT2D eigenvalue weighted by Crippen LogP contribution is -2.59. The van der Waals surface area contributed by atoms with E-state index in [1.165, 1.54) is 30.6 Å². The van der Waals surface area contributed by atoms with Crippen LogP contribution in [0.1, 0.15) is 24.5 Å². The SMILES string of the molecule is CCCNC(Cc1ccc(C)cc1)C1CN(C)CCN1C. The Kier molecular flexibility index (Phi) is 6.22. The molecule has 0 spiro atoms. The van der Waals surface area contributed by atoms with Crippen molar-refractivity contribution in [3.8, 4) is 0 Å². The highest BCUT2D eigenvalue weighted by Crippen LogP contribution is 2.15. The van der Waals surface area contributed by atoms with Crippen LogP contribution in [0, 0.1) is 6.92 Å². The van der Waals surface area contributed by atoms with Crippen LogP contribution in [0.3, 0.4) is 0 Å². The number of nitrogens with zero attached hydrogens (tertiary/aromatic N) is 2. The lowest BCUT2D eigenvalue weighted by molar-refractivity contribution is 0.0876. The normalized spacial score (nSPS) is 22.4. The molecule has 2 rings (SSSR count). The summed E-state index contributed by atoms with van der Waals surface area (Å²) >= 11 is 0. The number of hydrogen-bond acceptors (Lipinski definition) is 3. The van der Waals surface area contributed by atoms with Gasteiger partial charge in [-0.3, -0.25) is 4.90 Å². The summed E-state index contributed by atoms with van der Waals surface area (Å²) in [6.07, 6.45) is 2.31. The molecule has 1 aliphatic rings. The molecule has 2 unspecified atom stereocenters. The highest BCUT2D eigenvalue weighted by atomic mass is 15.3. The Morgan fingerprint density at radius 2 is 1.90 bits per heavy atom. The van der Waals surface area contributed by atoms with Gasteiger partial charge >= 0.3 is 0 Å². The van der Waals surface area contributed by atoms with Crippen molar-refractivity contribution < 1.29 is 0 Å². The molecule has 1 N–H and O–H groups in total. The second-order valence-electron chi connectivity index (χ2n) is 6.56. The summed E-state index contributed by atoms with van der Waals surface area (Å²) in [5.74, 6) is 0. The first-order chi connectivity index (χ1) is 10.1. The van der Waals surface area contributed by atoms with Gasteiger partial charge in [0.2, 0.25) is 0 Å². The van der Waals surface area contributed by atoms with E-state index in [0.29, 0.717) is 12.1 Å². The number of piperazine rings is 1. The molecule has 1 heterocycles. The maximum Gasteiger partial charge on any atom is 0.0377 e. The Hall–Kier alpha value is -0.900. The molecule has 3 heteroatoms. The average Bonchev–Trinajstić information content (AvgIpc) is 2.48. The molecule has 1 saturated heterocycles. The molecule has 118 valence electrons. The molecule has 1 aromatic carbocycles. The Labute approximate surface area is 130 Å². The molecule has 21 heavy (non-hydrogen) atoms. The minimum atomic E-state index is 0.528. The maximum absolute atomic E-state index is 3.78. The first kappa shape index (κ1) is 16.5. The summed E-state index contributed by atoms with van der Waals surface area (Å²) in [4.78, 5) is 4.99. The molecule has 0 saturated carbocycles. The van der Waals surface area contributed by atoms with Gasteiger partial charge in [-0.05, 0) is 46.0 Å². The molecular formula is C18H31N3. The van der Waals surface area contributed by atoms with Gasteiger partial charge in [-0.15, -0.1) is 0 Å². The van der Waals surface area contributed by atoms with Crippen molar-refractivity contribution in [2.45, 2.75) is 38.8 Å². The fourth-order valence-electron chi connectivity index (χ4n) is 3.13. The molecule has 1 fully saturated rings. The van der Waals surface area contributed by atoms with Crippen LogP contribution in [-0.2, 0) is 6.42 Å². The van der Waals surface area contributed by atoms with Gasteiger partial charge in [-0.2, -0.15) is 0 Å². The third kappa shape index (κ3) is 4.80. The molecule has 1 aliphatic heterocycles. The Balaban J connectivity index is 2.07. The van der Waals surface area contributed by atoms with E-state index < -0.39 is 0 Å². The van der Waals surface area contributed by atoms with Crippen LogP contribution in [0.25, 0.3) is 0 Å². The fourth-order valence-corrected chi connectivity index (χ4v) is 3.13. The number of benzene rings is 1. The molecule has 1 aromatic rings. The van der Waals surface area contributed by atoms with Crippen molar-refractivity contribution in [3.63, 3.8) is 0 Å². The van der Waals surface area contributed by atoms with E-state index >= 15 is 0 Å². The molecule has 2 atom stereocenters. The summed E-state index contributed by atoms with van der Waals surface area (Å²) in [5, 5.41) is 3.78. The van der Waals surface area contributed by atoms with Gasteiger partial charge in [0.15, 0.2) is 0 Å². The zero-order chi connectivity index (χ0) is 15.2. The van der Waals surface area contributed by atoms with E-state index in [1.54, 1.807) is 0 Å². The van der Waals surface area contributed by atoms with E-state index in [4.69, 9.17) is 0 Å². The van der Waals surface area contributed by atoms with E-state index in [2.05, 4.69) is 67.3 Å². The van der Waals surface area contributed by atoms with Crippen molar-refractivity contribution in [1.29, 1.82) is 0 Å². The van der Waals surface area contributed by atoms with E-state index in [1.807, 2.05) is 0 Å². The number of rotatable bonds is 6. The fraction of sp³-hybridized carbons (Fsp3) is 0.667. The molecule has 0 aromatic heterocycles. The Bertz CT molecular complexity index is 415. The van der Waals surface area contributed by atoms with Crippen LogP contribution in [-0.4, -0.2) is 62.2 Å². The third-order valence-corrected chi connectivity index (χ3v) is 4.60. The summed E-state index contributed by atoms with van der Waals surface area (Å²) in [7, 11) is 4.51. The average molecular weight is 289 g/mol. The Morgan fingerprint density at radius 1 is 1.19 bits per heavy atom. The number of aryl methyl sites for hydroxylation is 1. The van der Waals surface area contributed by atoms with Gasteiger partial charge < -0.3 is 10.2 Å². The molecular weight excluding hydrogens is 258 g/mol. The first-order valence-corrected chi connectivity index (χ1v) is 8.28. The zero-order valence-corrected chi connectivity index (χ0v) is 14.1. The summed E-state index contributed by atoms with van der Waals surface area (Å²) < 4.78 is 0. The summed E-state index contributed by atoms with van der Waals surface area (Å²) in [6.45, 7) is 9.00. The minimum Gasteiger partial charge on any atom is -0.312 e. The van der Waals surface area contributed by atoms with E-state index in [9.17, 15) is 0 Å². The highest BCUT2D eigenvalue weighted by molar-refractivity contribution is 5.22. The molecule has 0 bridgehead atoms. The number of hydrogen-bond donors (Lipinski definition) is 1. The van der Waals surface area contributed by atoms with Crippen LogP contribution >= 0.6 is 0 Å². The second kappa shape index (κ2) is 7.92. The summed E-state index contributed by atoms with van der Waals surface area (Å²) in [6, 6.07) is 10.1. The third-order valence-electron chi connectivity index (χ3n) is 4.60.